The third-order valence-corrected chi connectivity index (χ3v) is 3.22. The van der Waals surface area contributed by atoms with E-state index in [4.69, 9.17) is 0 Å². The van der Waals surface area contributed by atoms with Crippen molar-refractivity contribution in [1.82, 2.24) is 5.32 Å². The fourth-order valence-electron chi connectivity index (χ4n) is 2.01. The highest BCUT2D eigenvalue weighted by Crippen LogP contribution is 2.18. The highest BCUT2D eigenvalue weighted by atomic mass is 16.1. The molecule has 106 valence electrons. The average molecular weight is 263 g/mol. The van der Waals surface area contributed by atoms with E-state index in [0.717, 1.165) is 18.8 Å². The van der Waals surface area contributed by atoms with Crippen molar-refractivity contribution in [2.45, 2.75) is 20.8 Å². The minimum absolute atomic E-state index is 0.0348. The van der Waals surface area contributed by atoms with Gasteiger partial charge in [-0.05, 0) is 45.2 Å². The quantitative estimate of drug-likeness (QED) is 0.793. The topological polar surface area (TPSA) is 44.4 Å². The maximum Gasteiger partial charge on any atom is 0.228 e. The molecule has 1 aromatic carbocycles. The Hall–Kier alpha value is -1.55. The fraction of sp³-hybridized carbons (Fsp3) is 0.533. The molecule has 0 aliphatic heterocycles. The van der Waals surface area contributed by atoms with E-state index >= 15 is 0 Å². The molecule has 1 rings (SSSR count). The van der Waals surface area contributed by atoms with Crippen molar-refractivity contribution in [2.75, 3.05) is 36.9 Å². The zero-order valence-corrected chi connectivity index (χ0v) is 12.4. The van der Waals surface area contributed by atoms with Crippen LogP contribution >= 0.6 is 0 Å². The van der Waals surface area contributed by atoms with E-state index in [1.807, 2.05) is 38.2 Å². The van der Waals surface area contributed by atoms with Crippen LogP contribution in [0.5, 0.6) is 0 Å². The second-order valence-corrected chi connectivity index (χ2v) is 4.67. The summed E-state index contributed by atoms with van der Waals surface area (Å²) in [5.41, 5.74) is 2.04. The SMILES string of the molecule is CCN(CC)c1ccc(NC(=O)C(C)CNC)cc1. The standard InChI is InChI=1S/C15H25N3O/c1-5-18(6-2)14-9-7-13(8-10-14)17-15(19)12(3)11-16-4/h7-10,12,16H,5-6,11H2,1-4H3,(H,17,19). The molecule has 4 nitrogen and oxygen atoms in total. The molecule has 1 aromatic rings. The van der Waals surface area contributed by atoms with Crippen LogP contribution in [0, 0.1) is 5.92 Å². The highest BCUT2D eigenvalue weighted by molar-refractivity contribution is 5.92. The molecule has 0 aliphatic carbocycles. The first-order chi connectivity index (χ1) is 9.12. The lowest BCUT2D eigenvalue weighted by molar-refractivity contribution is -0.119. The van der Waals surface area contributed by atoms with Gasteiger partial charge in [0.1, 0.15) is 0 Å². The number of rotatable bonds is 7. The van der Waals surface area contributed by atoms with Crippen LogP contribution in [-0.4, -0.2) is 32.6 Å². The molecule has 4 heteroatoms. The Morgan fingerprint density at radius 1 is 1.21 bits per heavy atom. The number of anilines is 2. The van der Waals surface area contributed by atoms with Crippen LogP contribution in [0.3, 0.4) is 0 Å². The van der Waals surface area contributed by atoms with Crippen molar-refractivity contribution < 1.29 is 4.79 Å². The lowest BCUT2D eigenvalue weighted by atomic mass is 10.1. The first-order valence-corrected chi connectivity index (χ1v) is 6.92. The smallest absolute Gasteiger partial charge is 0.228 e. The normalized spacial score (nSPS) is 12.0. The number of hydrogen-bond donors (Lipinski definition) is 2. The lowest BCUT2D eigenvalue weighted by Crippen LogP contribution is -2.28. The predicted octanol–water partition coefficient (Wildman–Crippen LogP) is 2.33. The maximum atomic E-state index is 11.9. The number of carbonyl (C=O) groups is 1. The van der Waals surface area contributed by atoms with Gasteiger partial charge in [0.25, 0.3) is 0 Å². The van der Waals surface area contributed by atoms with Gasteiger partial charge in [-0.3, -0.25) is 4.79 Å². The largest absolute Gasteiger partial charge is 0.372 e. The summed E-state index contributed by atoms with van der Waals surface area (Å²) in [5, 5.41) is 5.94. The number of benzene rings is 1. The van der Waals surface area contributed by atoms with Crippen LogP contribution in [0.1, 0.15) is 20.8 Å². The Labute approximate surface area is 116 Å². The third kappa shape index (κ3) is 4.56. The summed E-state index contributed by atoms with van der Waals surface area (Å²) >= 11 is 0. The molecule has 0 radical (unpaired) electrons. The predicted molar refractivity (Wildman–Crippen MR) is 81.7 cm³/mol. The minimum atomic E-state index is -0.0348. The summed E-state index contributed by atoms with van der Waals surface area (Å²) in [7, 11) is 1.85. The van der Waals surface area contributed by atoms with Gasteiger partial charge in [0.2, 0.25) is 5.91 Å². The van der Waals surface area contributed by atoms with E-state index < -0.39 is 0 Å². The summed E-state index contributed by atoms with van der Waals surface area (Å²) in [6.45, 7) is 8.85. The van der Waals surface area contributed by atoms with E-state index in [9.17, 15) is 4.79 Å². The van der Waals surface area contributed by atoms with Crippen molar-refractivity contribution in [3.05, 3.63) is 24.3 Å². The molecule has 19 heavy (non-hydrogen) atoms. The molecule has 0 saturated heterocycles. The average Bonchev–Trinajstić information content (AvgIpc) is 2.42. The van der Waals surface area contributed by atoms with Crippen LogP contribution in [0.15, 0.2) is 24.3 Å². The third-order valence-electron chi connectivity index (χ3n) is 3.22. The molecule has 1 atom stereocenters. The Balaban J connectivity index is 2.64. The zero-order valence-electron chi connectivity index (χ0n) is 12.4. The van der Waals surface area contributed by atoms with E-state index in [1.54, 1.807) is 0 Å². The van der Waals surface area contributed by atoms with Crippen LogP contribution in [-0.2, 0) is 4.79 Å². The molecule has 0 fully saturated rings. The second-order valence-electron chi connectivity index (χ2n) is 4.67. The molecule has 0 heterocycles. The highest BCUT2D eigenvalue weighted by Gasteiger charge is 2.11. The molecule has 0 saturated carbocycles. The van der Waals surface area contributed by atoms with Crippen molar-refractivity contribution in [3.8, 4) is 0 Å². The van der Waals surface area contributed by atoms with E-state index in [-0.39, 0.29) is 11.8 Å². The van der Waals surface area contributed by atoms with Gasteiger partial charge >= 0.3 is 0 Å². The number of nitrogens with one attached hydrogen (secondary N) is 2. The van der Waals surface area contributed by atoms with Crippen molar-refractivity contribution in [2.24, 2.45) is 5.92 Å². The van der Waals surface area contributed by atoms with Gasteiger partial charge < -0.3 is 15.5 Å². The maximum absolute atomic E-state index is 11.9. The van der Waals surface area contributed by atoms with Crippen LogP contribution in [0.4, 0.5) is 11.4 Å². The first kappa shape index (κ1) is 15.5. The van der Waals surface area contributed by atoms with Gasteiger partial charge in [0.05, 0.1) is 0 Å². The van der Waals surface area contributed by atoms with Gasteiger partial charge in [0, 0.05) is 36.9 Å². The monoisotopic (exact) mass is 263 g/mol. The van der Waals surface area contributed by atoms with Crippen molar-refractivity contribution >= 4 is 17.3 Å². The Morgan fingerprint density at radius 3 is 2.26 bits per heavy atom. The molecule has 0 aromatic heterocycles. The number of carbonyl (C=O) groups excluding carboxylic acids is 1. The van der Waals surface area contributed by atoms with Crippen LogP contribution in [0.25, 0.3) is 0 Å². The van der Waals surface area contributed by atoms with Crippen molar-refractivity contribution in [3.63, 3.8) is 0 Å². The van der Waals surface area contributed by atoms with E-state index in [1.165, 1.54) is 5.69 Å². The number of hydrogen-bond acceptors (Lipinski definition) is 3. The Morgan fingerprint density at radius 2 is 1.79 bits per heavy atom. The lowest BCUT2D eigenvalue weighted by Gasteiger charge is -2.21. The summed E-state index contributed by atoms with van der Waals surface area (Å²) in [6, 6.07) is 8.01. The molecular formula is C15H25N3O. The Bertz CT molecular complexity index is 385. The van der Waals surface area contributed by atoms with Crippen LogP contribution in [0.2, 0.25) is 0 Å². The van der Waals surface area contributed by atoms with Gasteiger partial charge in [-0.2, -0.15) is 0 Å². The minimum Gasteiger partial charge on any atom is -0.372 e. The van der Waals surface area contributed by atoms with Gasteiger partial charge in [-0.25, -0.2) is 0 Å². The zero-order chi connectivity index (χ0) is 14.3. The fourth-order valence-corrected chi connectivity index (χ4v) is 2.01. The summed E-state index contributed by atoms with van der Waals surface area (Å²) in [4.78, 5) is 14.1. The molecule has 1 unspecified atom stereocenters. The Kier molecular flexibility index (Phi) is 6.36. The van der Waals surface area contributed by atoms with Crippen LogP contribution < -0.4 is 15.5 Å². The van der Waals surface area contributed by atoms with E-state index in [0.29, 0.717) is 6.54 Å². The molecule has 0 bridgehead atoms. The number of amides is 1. The van der Waals surface area contributed by atoms with Crippen molar-refractivity contribution in [1.29, 1.82) is 0 Å². The molecule has 1 amide bonds. The molecule has 0 aliphatic rings. The molecular weight excluding hydrogens is 238 g/mol. The van der Waals surface area contributed by atoms with Gasteiger partial charge in [-0.1, -0.05) is 6.92 Å². The second kappa shape index (κ2) is 7.79. The van der Waals surface area contributed by atoms with E-state index in [2.05, 4.69) is 29.4 Å². The summed E-state index contributed by atoms with van der Waals surface area (Å²) < 4.78 is 0. The van der Waals surface area contributed by atoms with Gasteiger partial charge in [-0.15, -0.1) is 0 Å². The summed E-state index contributed by atoms with van der Waals surface area (Å²) in [5.74, 6) is 0.0115. The molecule has 2 N–H and O–H groups in total. The number of nitrogens with zero attached hydrogens (tertiary/aromatic N) is 1. The first-order valence-electron chi connectivity index (χ1n) is 6.92. The summed E-state index contributed by atoms with van der Waals surface area (Å²) in [6.07, 6.45) is 0. The molecule has 0 spiro atoms. The van der Waals surface area contributed by atoms with Gasteiger partial charge in [0.15, 0.2) is 0 Å².